The van der Waals surface area contributed by atoms with E-state index in [1.807, 2.05) is 18.2 Å². The van der Waals surface area contributed by atoms with Crippen molar-refractivity contribution in [3.8, 4) is 6.07 Å². The molecule has 0 spiro atoms. The number of carbonyl (C=O) groups excluding carboxylic acids is 1. The van der Waals surface area contributed by atoms with Crippen molar-refractivity contribution in [1.29, 1.82) is 5.26 Å². The molecule has 6 heteroatoms. The first-order chi connectivity index (χ1) is 9.22. The Labute approximate surface area is 110 Å². The van der Waals surface area contributed by atoms with Gasteiger partial charge in [0.1, 0.15) is 12.4 Å². The molecule has 0 atom stereocenters. The number of hydrogen-bond donors (Lipinski definition) is 0. The van der Waals surface area contributed by atoms with Crippen LogP contribution in [-0.4, -0.2) is 27.8 Å². The van der Waals surface area contributed by atoms with Crippen LogP contribution in [0.4, 0.5) is 0 Å². The zero-order chi connectivity index (χ0) is 13.7. The highest BCUT2D eigenvalue weighted by Crippen LogP contribution is 2.07. The molecule has 0 unspecified atom stereocenters. The number of nitrogens with zero attached hydrogens (tertiary/aromatic N) is 4. The minimum Gasteiger partial charge on any atom is -0.465 e. The first-order valence-corrected chi connectivity index (χ1v) is 5.69. The SMILES string of the molecule is COC(=O)c1ccc(CCn2cnc(C#N)n2)cc1. The Balaban J connectivity index is 1.96. The van der Waals surface area contributed by atoms with Crippen LogP contribution in [0.25, 0.3) is 0 Å². The van der Waals surface area contributed by atoms with Crippen LogP contribution in [0.1, 0.15) is 21.7 Å². The normalized spacial score (nSPS) is 9.89. The highest BCUT2D eigenvalue weighted by molar-refractivity contribution is 5.89. The molecule has 1 aromatic carbocycles. The molecule has 0 aliphatic rings. The average molecular weight is 256 g/mol. The molecule has 0 bridgehead atoms. The number of aryl methyl sites for hydroxylation is 2. The quantitative estimate of drug-likeness (QED) is 0.767. The molecule has 0 fully saturated rings. The fourth-order valence-corrected chi connectivity index (χ4v) is 1.62. The van der Waals surface area contributed by atoms with Crippen molar-refractivity contribution in [2.24, 2.45) is 0 Å². The summed E-state index contributed by atoms with van der Waals surface area (Å²) in [5.41, 5.74) is 1.60. The predicted octanol–water partition coefficient (Wildman–Crippen LogP) is 1.18. The molecule has 1 heterocycles. The van der Waals surface area contributed by atoms with E-state index < -0.39 is 0 Å². The maximum absolute atomic E-state index is 11.3. The van der Waals surface area contributed by atoms with Crippen molar-refractivity contribution in [1.82, 2.24) is 14.8 Å². The van der Waals surface area contributed by atoms with Gasteiger partial charge in [-0.15, -0.1) is 5.10 Å². The van der Waals surface area contributed by atoms with Gasteiger partial charge in [-0.3, -0.25) is 4.68 Å². The highest BCUT2D eigenvalue weighted by Gasteiger charge is 2.04. The monoisotopic (exact) mass is 256 g/mol. The van der Waals surface area contributed by atoms with E-state index in [0.717, 1.165) is 12.0 Å². The Morgan fingerprint density at radius 2 is 2.16 bits per heavy atom. The molecule has 0 aliphatic carbocycles. The van der Waals surface area contributed by atoms with Gasteiger partial charge in [0.05, 0.1) is 12.7 Å². The lowest BCUT2D eigenvalue weighted by Gasteiger charge is -2.03. The Hall–Kier alpha value is -2.68. The Morgan fingerprint density at radius 3 is 2.74 bits per heavy atom. The number of carbonyl (C=O) groups is 1. The number of esters is 1. The van der Waals surface area contributed by atoms with Gasteiger partial charge >= 0.3 is 5.97 Å². The first kappa shape index (κ1) is 12.8. The summed E-state index contributed by atoms with van der Waals surface area (Å²) >= 11 is 0. The molecule has 19 heavy (non-hydrogen) atoms. The molecule has 6 nitrogen and oxygen atoms in total. The lowest BCUT2D eigenvalue weighted by atomic mass is 10.1. The first-order valence-electron chi connectivity index (χ1n) is 5.69. The van der Waals surface area contributed by atoms with E-state index in [9.17, 15) is 4.79 Å². The molecule has 1 aromatic heterocycles. The molecule has 0 amide bonds. The molecule has 2 aromatic rings. The molecule has 0 saturated heterocycles. The third-order valence-corrected chi connectivity index (χ3v) is 2.64. The summed E-state index contributed by atoms with van der Waals surface area (Å²) in [6, 6.07) is 9.07. The Bertz CT molecular complexity index is 610. The molecular weight excluding hydrogens is 244 g/mol. The number of methoxy groups -OCH3 is 1. The van der Waals surface area contributed by atoms with Crippen LogP contribution >= 0.6 is 0 Å². The van der Waals surface area contributed by atoms with Crippen molar-refractivity contribution in [2.75, 3.05) is 7.11 Å². The third-order valence-electron chi connectivity index (χ3n) is 2.64. The van der Waals surface area contributed by atoms with Crippen molar-refractivity contribution in [2.45, 2.75) is 13.0 Å². The molecular formula is C13H12N4O2. The Kier molecular flexibility index (Phi) is 3.88. The standard InChI is InChI=1S/C13H12N4O2/c1-19-13(18)11-4-2-10(3-5-11)6-7-17-9-15-12(8-14)16-17/h2-5,9H,6-7H2,1H3. The van der Waals surface area contributed by atoms with Gasteiger partial charge in [-0.2, -0.15) is 5.26 Å². The molecule has 0 aliphatic heterocycles. The molecule has 0 N–H and O–H groups in total. The van der Waals surface area contributed by atoms with Crippen LogP contribution in [0.5, 0.6) is 0 Å². The molecule has 2 rings (SSSR count). The number of nitriles is 1. The van der Waals surface area contributed by atoms with Gasteiger partial charge in [-0.1, -0.05) is 12.1 Å². The zero-order valence-electron chi connectivity index (χ0n) is 10.4. The van der Waals surface area contributed by atoms with E-state index in [0.29, 0.717) is 12.1 Å². The lowest BCUT2D eigenvalue weighted by Crippen LogP contribution is -2.04. The van der Waals surface area contributed by atoms with Gasteiger partial charge in [0, 0.05) is 6.54 Å². The van der Waals surface area contributed by atoms with E-state index in [1.54, 1.807) is 16.8 Å². The summed E-state index contributed by atoms with van der Waals surface area (Å²) in [6.07, 6.45) is 2.27. The molecule has 96 valence electrons. The van der Waals surface area contributed by atoms with E-state index in [-0.39, 0.29) is 11.8 Å². The largest absolute Gasteiger partial charge is 0.465 e. The predicted molar refractivity (Wildman–Crippen MR) is 66.2 cm³/mol. The van der Waals surface area contributed by atoms with E-state index >= 15 is 0 Å². The molecule has 0 radical (unpaired) electrons. The van der Waals surface area contributed by atoms with Gasteiger partial charge in [-0.05, 0) is 24.1 Å². The van der Waals surface area contributed by atoms with Crippen LogP contribution in [0.2, 0.25) is 0 Å². The third kappa shape index (κ3) is 3.16. The second-order valence-electron chi connectivity index (χ2n) is 3.88. The van der Waals surface area contributed by atoms with E-state index in [2.05, 4.69) is 14.8 Å². The summed E-state index contributed by atoms with van der Waals surface area (Å²) in [7, 11) is 1.35. The van der Waals surface area contributed by atoms with Gasteiger partial charge in [0.15, 0.2) is 0 Å². The lowest BCUT2D eigenvalue weighted by molar-refractivity contribution is 0.0600. The summed E-state index contributed by atoms with van der Waals surface area (Å²) in [4.78, 5) is 15.1. The Morgan fingerprint density at radius 1 is 1.42 bits per heavy atom. The van der Waals surface area contributed by atoms with E-state index in [1.165, 1.54) is 13.4 Å². The summed E-state index contributed by atoms with van der Waals surface area (Å²) < 4.78 is 6.25. The summed E-state index contributed by atoms with van der Waals surface area (Å²) in [5, 5.41) is 12.6. The maximum atomic E-state index is 11.3. The van der Waals surface area contributed by atoms with Crippen LogP contribution in [0.3, 0.4) is 0 Å². The molecule has 0 saturated carbocycles. The van der Waals surface area contributed by atoms with Crippen molar-refractivity contribution < 1.29 is 9.53 Å². The average Bonchev–Trinajstić information content (AvgIpc) is 2.93. The van der Waals surface area contributed by atoms with Crippen molar-refractivity contribution >= 4 is 5.97 Å². The van der Waals surface area contributed by atoms with Gasteiger partial charge in [0.25, 0.3) is 5.82 Å². The highest BCUT2D eigenvalue weighted by atomic mass is 16.5. The number of ether oxygens (including phenoxy) is 1. The topological polar surface area (TPSA) is 80.8 Å². The number of rotatable bonds is 4. The number of aromatic nitrogens is 3. The van der Waals surface area contributed by atoms with Crippen LogP contribution in [0.15, 0.2) is 30.6 Å². The smallest absolute Gasteiger partial charge is 0.337 e. The minimum atomic E-state index is -0.346. The summed E-state index contributed by atoms with van der Waals surface area (Å²) in [6.45, 7) is 0.631. The van der Waals surface area contributed by atoms with Crippen LogP contribution < -0.4 is 0 Å². The van der Waals surface area contributed by atoms with Gasteiger partial charge in [0.2, 0.25) is 0 Å². The zero-order valence-corrected chi connectivity index (χ0v) is 10.4. The summed E-state index contributed by atoms with van der Waals surface area (Å²) in [5.74, 6) is -0.178. The van der Waals surface area contributed by atoms with Gasteiger partial charge in [-0.25, -0.2) is 9.78 Å². The van der Waals surface area contributed by atoms with Crippen molar-refractivity contribution in [3.63, 3.8) is 0 Å². The van der Waals surface area contributed by atoms with E-state index in [4.69, 9.17) is 5.26 Å². The minimum absolute atomic E-state index is 0.168. The second-order valence-corrected chi connectivity index (χ2v) is 3.88. The fraction of sp³-hybridized carbons (Fsp3) is 0.231. The van der Waals surface area contributed by atoms with Gasteiger partial charge < -0.3 is 4.74 Å². The van der Waals surface area contributed by atoms with Crippen LogP contribution in [0, 0.1) is 11.3 Å². The fourth-order valence-electron chi connectivity index (χ4n) is 1.62. The maximum Gasteiger partial charge on any atom is 0.337 e. The second kappa shape index (κ2) is 5.78. The van der Waals surface area contributed by atoms with Crippen LogP contribution in [-0.2, 0) is 17.7 Å². The number of hydrogen-bond acceptors (Lipinski definition) is 5. The van der Waals surface area contributed by atoms with Crippen molar-refractivity contribution in [3.05, 3.63) is 47.5 Å². The number of benzene rings is 1.